The minimum atomic E-state index is 0. The SMILES string of the molecule is CC1NCCCC1NC(=O)c1ccccc1I.Cl. The molecule has 1 aliphatic heterocycles. The molecule has 0 bridgehead atoms. The van der Waals surface area contributed by atoms with Gasteiger partial charge in [-0.1, -0.05) is 12.1 Å². The van der Waals surface area contributed by atoms with Crippen molar-refractivity contribution in [1.82, 2.24) is 10.6 Å². The molecule has 0 radical (unpaired) electrons. The van der Waals surface area contributed by atoms with Gasteiger partial charge in [-0.25, -0.2) is 0 Å². The van der Waals surface area contributed by atoms with Crippen LogP contribution in [0.25, 0.3) is 0 Å². The zero-order valence-electron chi connectivity index (χ0n) is 10.3. The van der Waals surface area contributed by atoms with Crippen LogP contribution in [-0.4, -0.2) is 24.5 Å². The van der Waals surface area contributed by atoms with E-state index in [1.54, 1.807) is 0 Å². The second kappa shape index (κ2) is 7.31. The summed E-state index contributed by atoms with van der Waals surface area (Å²) in [6.45, 7) is 3.18. The van der Waals surface area contributed by atoms with E-state index in [2.05, 4.69) is 40.1 Å². The summed E-state index contributed by atoms with van der Waals surface area (Å²) in [5.41, 5.74) is 0.769. The first-order valence-electron chi connectivity index (χ1n) is 5.97. The Hall–Kier alpha value is -0.330. The molecule has 0 aromatic heterocycles. The normalized spacial score (nSPS) is 23.0. The Morgan fingerprint density at radius 2 is 2.17 bits per heavy atom. The summed E-state index contributed by atoms with van der Waals surface area (Å²) in [4.78, 5) is 12.1. The van der Waals surface area contributed by atoms with Gasteiger partial charge < -0.3 is 10.6 Å². The first-order chi connectivity index (χ1) is 8.18. The van der Waals surface area contributed by atoms with Gasteiger partial charge in [-0.15, -0.1) is 12.4 Å². The molecule has 1 saturated heterocycles. The van der Waals surface area contributed by atoms with Crippen LogP contribution in [0.15, 0.2) is 24.3 Å². The maximum atomic E-state index is 12.1. The molecule has 1 aromatic rings. The van der Waals surface area contributed by atoms with Gasteiger partial charge in [0.25, 0.3) is 5.91 Å². The Morgan fingerprint density at radius 3 is 2.83 bits per heavy atom. The van der Waals surface area contributed by atoms with Crippen molar-refractivity contribution in [3.05, 3.63) is 33.4 Å². The average Bonchev–Trinajstić information content (AvgIpc) is 2.32. The van der Waals surface area contributed by atoms with Crippen LogP contribution in [0, 0.1) is 3.57 Å². The molecule has 18 heavy (non-hydrogen) atoms. The Morgan fingerprint density at radius 1 is 1.44 bits per heavy atom. The van der Waals surface area contributed by atoms with Gasteiger partial charge in [0.15, 0.2) is 0 Å². The summed E-state index contributed by atoms with van der Waals surface area (Å²) in [5, 5.41) is 6.51. The number of amides is 1. The second-order valence-electron chi connectivity index (χ2n) is 4.44. The fourth-order valence-corrected chi connectivity index (χ4v) is 2.76. The quantitative estimate of drug-likeness (QED) is 0.774. The summed E-state index contributed by atoms with van der Waals surface area (Å²) >= 11 is 2.20. The summed E-state index contributed by atoms with van der Waals surface area (Å²) in [6.07, 6.45) is 2.19. The van der Waals surface area contributed by atoms with Crippen molar-refractivity contribution in [3.8, 4) is 0 Å². The van der Waals surface area contributed by atoms with Crippen molar-refractivity contribution in [1.29, 1.82) is 0 Å². The standard InChI is InChI=1S/C13H17IN2O.ClH/c1-9-12(7-4-8-15-9)16-13(17)10-5-2-3-6-11(10)14;/h2-3,5-6,9,12,15H,4,7-8H2,1H3,(H,16,17);1H. The van der Waals surface area contributed by atoms with E-state index < -0.39 is 0 Å². The number of hydrogen-bond donors (Lipinski definition) is 2. The number of hydrogen-bond acceptors (Lipinski definition) is 2. The zero-order valence-corrected chi connectivity index (χ0v) is 13.3. The fourth-order valence-electron chi connectivity index (χ4n) is 2.13. The van der Waals surface area contributed by atoms with E-state index in [1.165, 1.54) is 0 Å². The molecule has 0 spiro atoms. The van der Waals surface area contributed by atoms with Gasteiger partial charge in [0.05, 0.1) is 5.56 Å². The molecule has 1 aliphatic rings. The molecular formula is C13H18ClIN2O. The third-order valence-electron chi connectivity index (χ3n) is 3.20. The van der Waals surface area contributed by atoms with Crippen LogP contribution in [0.1, 0.15) is 30.1 Å². The summed E-state index contributed by atoms with van der Waals surface area (Å²) in [5.74, 6) is 0.0375. The van der Waals surface area contributed by atoms with Gasteiger partial charge in [-0.2, -0.15) is 0 Å². The minimum absolute atomic E-state index is 0. The van der Waals surface area contributed by atoms with E-state index in [9.17, 15) is 4.79 Å². The average molecular weight is 381 g/mol. The Kier molecular flexibility index (Phi) is 6.38. The number of halogens is 2. The molecule has 5 heteroatoms. The maximum absolute atomic E-state index is 12.1. The van der Waals surface area contributed by atoms with Crippen LogP contribution in [0.4, 0.5) is 0 Å². The molecule has 100 valence electrons. The van der Waals surface area contributed by atoms with Crippen LogP contribution in [0.3, 0.4) is 0 Å². The highest BCUT2D eigenvalue weighted by atomic mass is 127. The van der Waals surface area contributed by atoms with Crippen LogP contribution >= 0.6 is 35.0 Å². The van der Waals surface area contributed by atoms with Crippen molar-refractivity contribution in [2.45, 2.75) is 31.8 Å². The minimum Gasteiger partial charge on any atom is -0.348 e. The van der Waals surface area contributed by atoms with Gasteiger partial charge in [0.1, 0.15) is 0 Å². The molecule has 1 fully saturated rings. The van der Waals surface area contributed by atoms with E-state index in [0.717, 1.165) is 28.5 Å². The van der Waals surface area contributed by atoms with E-state index in [-0.39, 0.29) is 24.4 Å². The van der Waals surface area contributed by atoms with Crippen LogP contribution in [-0.2, 0) is 0 Å². The van der Waals surface area contributed by atoms with Gasteiger partial charge in [-0.05, 0) is 61.0 Å². The van der Waals surface area contributed by atoms with Crippen LogP contribution in [0.5, 0.6) is 0 Å². The van der Waals surface area contributed by atoms with Crippen molar-refractivity contribution < 1.29 is 4.79 Å². The highest BCUT2D eigenvalue weighted by molar-refractivity contribution is 14.1. The van der Waals surface area contributed by atoms with Crippen molar-refractivity contribution >= 4 is 40.9 Å². The molecule has 1 amide bonds. The molecule has 0 aliphatic carbocycles. The lowest BCUT2D eigenvalue weighted by Gasteiger charge is -2.30. The predicted molar refractivity (Wildman–Crippen MR) is 84.4 cm³/mol. The summed E-state index contributed by atoms with van der Waals surface area (Å²) in [7, 11) is 0. The van der Waals surface area contributed by atoms with Crippen LogP contribution in [0.2, 0.25) is 0 Å². The summed E-state index contributed by atoms with van der Waals surface area (Å²) in [6, 6.07) is 8.28. The molecule has 1 heterocycles. The lowest BCUT2D eigenvalue weighted by molar-refractivity contribution is 0.0919. The Labute approximate surface area is 128 Å². The molecule has 0 saturated carbocycles. The van der Waals surface area contributed by atoms with E-state index in [1.807, 2.05) is 24.3 Å². The topological polar surface area (TPSA) is 41.1 Å². The number of carbonyl (C=O) groups is 1. The van der Waals surface area contributed by atoms with Crippen molar-refractivity contribution in [2.24, 2.45) is 0 Å². The lowest BCUT2D eigenvalue weighted by atomic mass is 9.99. The molecule has 2 rings (SSSR count). The molecule has 2 atom stereocenters. The molecule has 1 aromatic carbocycles. The van der Waals surface area contributed by atoms with Crippen molar-refractivity contribution in [3.63, 3.8) is 0 Å². The van der Waals surface area contributed by atoms with Gasteiger partial charge in [0.2, 0.25) is 0 Å². The molecule has 3 nitrogen and oxygen atoms in total. The number of benzene rings is 1. The third kappa shape index (κ3) is 3.83. The number of carbonyl (C=O) groups excluding carboxylic acids is 1. The monoisotopic (exact) mass is 380 g/mol. The molecular weight excluding hydrogens is 363 g/mol. The van der Waals surface area contributed by atoms with Gasteiger partial charge in [0, 0.05) is 15.7 Å². The second-order valence-corrected chi connectivity index (χ2v) is 5.61. The Bertz CT molecular complexity index is 414. The first-order valence-corrected chi connectivity index (χ1v) is 7.05. The van der Waals surface area contributed by atoms with E-state index in [4.69, 9.17) is 0 Å². The van der Waals surface area contributed by atoms with E-state index >= 15 is 0 Å². The predicted octanol–water partition coefficient (Wildman–Crippen LogP) is 2.58. The maximum Gasteiger partial charge on any atom is 0.252 e. The lowest BCUT2D eigenvalue weighted by Crippen LogP contribution is -2.52. The number of nitrogens with one attached hydrogen (secondary N) is 2. The Balaban J connectivity index is 0.00000162. The molecule has 2 unspecified atom stereocenters. The zero-order chi connectivity index (χ0) is 12.3. The summed E-state index contributed by atoms with van der Waals surface area (Å²) < 4.78 is 0.999. The number of rotatable bonds is 2. The number of piperidine rings is 1. The largest absolute Gasteiger partial charge is 0.348 e. The fraction of sp³-hybridized carbons (Fsp3) is 0.462. The van der Waals surface area contributed by atoms with Crippen molar-refractivity contribution in [2.75, 3.05) is 6.54 Å². The highest BCUT2D eigenvalue weighted by Crippen LogP contribution is 2.13. The third-order valence-corrected chi connectivity index (χ3v) is 4.14. The molecule has 2 N–H and O–H groups in total. The van der Waals surface area contributed by atoms with E-state index in [0.29, 0.717) is 6.04 Å². The first kappa shape index (κ1) is 15.7. The van der Waals surface area contributed by atoms with Gasteiger partial charge in [-0.3, -0.25) is 4.79 Å². The van der Waals surface area contributed by atoms with Crippen LogP contribution < -0.4 is 10.6 Å². The smallest absolute Gasteiger partial charge is 0.252 e. The van der Waals surface area contributed by atoms with Gasteiger partial charge >= 0.3 is 0 Å². The highest BCUT2D eigenvalue weighted by Gasteiger charge is 2.23.